The van der Waals surface area contributed by atoms with Gasteiger partial charge in [0.2, 0.25) is 18.3 Å². The number of rotatable bonds is 20. The molecule has 2 bridgehead atoms. The van der Waals surface area contributed by atoms with E-state index >= 15 is 0 Å². The summed E-state index contributed by atoms with van der Waals surface area (Å²) in [6, 6.07) is 0. The molecular weight excluding hydrogens is 1020 g/mol. The molecule has 7 aliphatic rings. The molecule has 4 saturated carbocycles. The van der Waals surface area contributed by atoms with Gasteiger partial charge in [0.15, 0.2) is 29.9 Å². The van der Waals surface area contributed by atoms with Gasteiger partial charge in [-0.1, -0.05) is 19.9 Å². The molecule has 3 saturated heterocycles. The van der Waals surface area contributed by atoms with Gasteiger partial charge in [-0.3, -0.25) is 4.79 Å². The maximum absolute atomic E-state index is 14.6. The molecular formula is C49H78O27. The molecule has 7 fully saturated rings. The van der Waals surface area contributed by atoms with E-state index in [0.29, 0.717) is 56.9 Å². The lowest BCUT2D eigenvalue weighted by Crippen LogP contribution is -2.66. The van der Waals surface area contributed by atoms with Crippen molar-refractivity contribution in [3.05, 3.63) is 35.2 Å². The summed E-state index contributed by atoms with van der Waals surface area (Å²) < 4.78 is 46.9. The van der Waals surface area contributed by atoms with Crippen molar-refractivity contribution in [2.45, 2.75) is 201 Å². The molecule has 0 aromatic carbocycles. The smallest absolute Gasteiger partial charge is 0.314 e. The Hall–Kier alpha value is -2.95. The van der Waals surface area contributed by atoms with Crippen LogP contribution in [0.5, 0.6) is 0 Å². The minimum Gasteiger partial charge on any atom is -0.506 e. The van der Waals surface area contributed by atoms with Crippen LogP contribution in [0, 0.1) is 28.1 Å². The average molecular weight is 1100 g/mol. The predicted molar refractivity (Wildman–Crippen MR) is 250 cm³/mol. The van der Waals surface area contributed by atoms with Gasteiger partial charge < -0.3 is 130 Å². The first kappa shape index (κ1) is 60.7. The third kappa shape index (κ3) is 11.2. The minimum atomic E-state index is -2.54. The molecule has 24 atom stereocenters. The number of aliphatic hydroxyl groups is 18. The Kier molecular flexibility index (Phi) is 19.2. The standard InChI is InChI=1S/C49H78O27/c1-20-15-48-11-5-26-46(2,9-4-10-47(26,3)45(68)75-41(67)38(30(59)22(55)8-14-51)74-42-35(64)29(58)23(56)18-69-42)27(48)6-12-49(20,19-48)76-44-39(72-40(66)34(63)28(57)21(54)7-13-50)37(32(61)25(17-53)71-44)73-43-36(65)33(62)31(60)24(16-52)70-43/h21-27,29,31-33,35-37,39-44,50-67H,1,4-19H2,2-3H3/b34-28+,38-30+. The maximum atomic E-state index is 14.6. The fourth-order valence-corrected chi connectivity index (χ4v) is 13.5. The van der Waals surface area contributed by atoms with Gasteiger partial charge in [-0.2, -0.15) is 0 Å². The summed E-state index contributed by atoms with van der Waals surface area (Å²) in [4.78, 5) is 14.6. The Labute approximate surface area is 437 Å². The van der Waals surface area contributed by atoms with Gasteiger partial charge in [0.05, 0.1) is 30.8 Å². The van der Waals surface area contributed by atoms with E-state index in [1.807, 2.05) is 0 Å². The number of aliphatic hydroxyl groups excluding tert-OH is 18. The van der Waals surface area contributed by atoms with Crippen molar-refractivity contribution in [1.29, 1.82) is 0 Å². The van der Waals surface area contributed by atoms with E-state index in [4.69, 9.17) is 37.9 Å². The highest BCUT2D eigenvalue weighted by Crippen LogP contribution is 2.74. The molecule has 0 aromatic rings. The monoisotopic (exact) mass is 1100 g/mol. The van der Waals surface area contributed by atoms with Crippen LogP contribution in [0.3, 0.4) is 0 Å². The fraction of sp³-hybridized carbons (Fsp3) is 0.857. The van der Waals surface area contributed by atoms with Gasteiger partial charge in [-0.15, -0.1) is 0 Å². The van der Waals surface area contributed by atoms with E-state index in [9.17, 15) is 96.7 Å². The Morgan fingerprint density at radius 1 is 0.684 bits per heavy atom. The number of ether oxygens (including phenoxy) is 8. The van der Waals surface area contributed by atoms with Crippen molar-refractivity contribution in [2.24, 2.45) is 28.1 Å². The molecule has 76 heavy (non-hydrogen) atoms. The SMILES string of the molecule is C=C1CC23CCC4C(C)(C(=O)OC(O)/C(OC5OCC(O)C(O)C5O)=C(\O)C(O)CCO)CCCC4(C)C2CCC1(OC1OC(CO)C(O)C(OC2OC(CO)C(O)C(O)C2O)C1OC(O)/C(O)=C(\O)C(O)CCO)C3. The quantitative estimate of drug-likeness (QED) is 0.0181. The Balaban J connectivity index is 1.15. The highest BCUT2D eigenvalue weighted by Gasteiger charge is 2.69. The molecule has 0 amide bonds. The molecule has 27 nitrogen and oxygen atoms in total. The second-order valence-electron chi connectivity index (χ2n) is 22.1. The summed E-state index contributed by atoms with van der Waals surface area (Å²) in [6.07, 6.45) is -31.0. The number of hydrogen-bond donors (Lipinski definition) is 18. The lowest BCUT2D eigenvalue weighted by Gasteiger charge is -2.64. The van der Waals surface area contributed by atoms with E-state index in [1.54, 1.807) is 6.92 Å². The van der Waals surface area contributed by atoms with Crippen LogP contribution < -0.4 is 0 Å². The zero-order valence-electron chi connectivity index (χ0n) is 42.3. The van der Waals surface area contributed by atoms with Crippen LogP contribution in [0.1, 0.15) is 84.5 Å². The zero-order valence-corrected chi connectivity index (χ0v) is 42.3. The first-order valence-corrected chi connectivity index (χ1v) is 25.7. The molecule has 1 spiro atoms. The van der Waals surface area contributed by atoms with Gasteiger partial charge in [0.1, 0.15) is 79.4 Å². The van der Waals surface area contributed by atoms with Crippen LogP contribution >= 0.6 is 0 Å². The van der Waals surface area contributed by atoms with Gasteiger partial charge in [-0.05, 0) is 86.5 Å². The van der Waals surface area contributed by atoms with Crippen molar-refractivity contribution < 1.29 is 135 Å². The normalized spacial score (nSPS) is 44.8. The van der Waals surface area contributed by atoms with Crippen LogP contribution in [-0.2, 0) is 42.7 Å². The molecule has 18 N–H and O–H groups in total. The summed E-state index contributed by atoms with van der Waals surface area (Å²) in [5.41, 5.74) is -3.06. The number of hydrogen-bond acceptors (Lipinski definition) is 27. The zero-order chi connectivity index (χ0) is 56.0. The fourth-order valence-electron chi connectivity index (χ4n) is 13.5. The lowest BCUT2D eigenvalue weighted by atomic mass is 9.41. The molecule has 436 valence electrons. The molecule has 0 aromatic heterocycles. The van der Waals surface area contributed by atoms with Crippen LogP contribution in [0.2, 0.25) is 0 Å². The van der Waals surface area contributed by atoms with Gasteiger partial charge in [0.25, 0.3) is 6.29 Å². The minimum absolute atomic E-state index is 0.110. The van der Waals surface area contributed by atoms with Crippen molar-refractivity contribution >= 4 is 5.97 Å². The van der Waals surface area contributed by atoms with Gasteiger partial charge in [0, 0.05) is 26.1 Å². The number of esters is 1. The predicted octanol–water partition coefficient (Wildman–Crippen LogP) is -4.04. The molecule has 7 rings (SSSR count). The van der Waals surface area contributed by atoms with E-state index in [1.165, 1.54) is 0 Å². The molecule has 24 unspecified atom stereocenters. The topological polar surface area (TPSA) is 455 Å². The summed E-state index contributed by atoms with van der Waals surface area (Å²) in [7, 11) is 0. The van der Waals surface area contributed by atoms with Crippen LogP contribution in [0.4, 0.5) is 0 Å². The summed E-state index contributed by atoms with van der Waals surface area (Å²) in [5.74, 6) is -5.90. The lowest BCUT2D eigenvalue weighted by molar-refractivity contribution is -0.383. The van der Waals surface area contributed by atoms with Crippen LogP contribution in [0.15, 0.2) is 35.2 Å². The highest BCUT2D eigenvalue weighted by molar-refractivity contribution is 5.77. The Morgan fingerprint density at radius 3 is 1.93 bits per heavy atom. The summed E-state index contributed by atoms with van der Waals surface area (Å²) >= 11 is 0. The summed E-state index contributed by atoms with van der Waals surface area (Å²) in [6.45, 7) is 4.72. The first-order valence-electron chi connectivity index (χ1n) is 25.7. The van der Waals surface area contributed by atoms with Crippen molar-refractivity contribution in [2.75, 3.05) is 33.0 Å². The van der Waals surface area contributed by atoms with Crippen molar-refractivity contribution in [3.8, 4) is 0 Å². The van der Waals surface area contributed by atoms with Gasteiger partial charge >= 0.3 is 5.97 Å². The second-order valence-corrected chi connectivity index (χ2v) is 22.1. The molecule has 4 aliphatic carbocycles. The molecule has 3 heterocycles. The summed E-state index contributed by atoms with van der Waals surface area (Å²) in [5, 5.41) is 189. The van der Waals surface area contributed by atoms with Crippen molar-refractivity contribution in [1.82, 2.24) is 0 Å². The molecule has 3 aliphatic heterocycles. The van der Waals surface area contributed by atoms with E-state index in [0.717, 1.165) is 0 Å². The second kappa shape index (κ2) is 24.0. The van der Waals surface area contributed by atoms with E-state index in [-0.39, 0.29) is 18.3 Å². The maximum Gasteiger partial charge on any atom is 0.314 e. The van der Waals surface area contributed by atoms with Gasteiger partial charge in [-0.25, -0.2) is 0 Å². The number of carbonyl (C=O) groups is 1. The van der Waals surface area contributed by atoms with Crippen LogP contribution in [0.25, 0.3) is 0 Å². The number of carbonyl (C=O) groups excluding carboxylic acids is 1. The number of fused-ring (bicyclic) bond motifs is 3. The molecule has 27 heteroatoms. The average Bonchev–Trinajstić information content (AvgIpc) is 3.58. The molecule has 0 radical (unpaired) electrons. The van der Waals surface area contributed by atoms with Crippen molar-refractivity contribution in [3.63, 3.8) is 0 Å². The third-order valence-electron chi connectivity index (χ3n) is 17.5. The van der Waals surface area contributed by atoms with E-state index < -0.39 is 208 Å². The highest BCUT2D eigenvalue weighted by atomic mass is 16.8. The Bertz CT molecular complexity index is 2080. The van der Waals surface area contributed by atoms with E-state index in [2.05, 4.69) is 13.5 Å². The Morgan fingerprint density at radius 2 is 1.29 bits per heavy atom. The largest absolute Gasteiger partial charge is 0.506 e. The first-order chi connectivity index (χ1) is 35.8. The third-order valence-corrected chi connectivity index (χ3v) is 17.5. The van der Waals surface area contributed by atoms with Crippen LogP contribution in [-0.4, -0.2) is 247 Å².